The van der Waals surface area contributed by atoms with E-state index in [0.717, 1.165) is 4.57 Å². The summed E-state index contributed by atoms with van der Waals surface area (Å²) in [6.07, 6.45) is -1.73. The van der Waals surface area contributed by atoms with Gasteiger partial charge in [0.2, 0.25) is 0 Å². The molecular weight excluding hydrogens is 375 g/mol. The maximum Gasteiger partial charge on any atom is 0.469 e. The zero-order valence-electron chi connectivity index (χ0n) is 10.4. The summed E-state index contributed by atoms with van der Waals surface area (Å²) in [5.41, 5.74) is -1.33. The van der Waals surface area contributed by atoms with Crippen molar-refractivity contribution in [3.63, 3.8) is 0 Å². The molecule has 1 aliphatic rings. The number of phosphoric acid groups is 1. The lowest BCUT2D eigenvalue weighted by Gasteiger charge is -2.16. The molecule has 0 saturated carbocycles. The molecule has 118 valence electrons. The molecule has 3 atom stereocenters. The summed E-state index contributed by atoms with van der Waals surface area (Å²) in [6, 6.07) is 0. The lowest BCUT2D eigenvalue weighted by Crippen LogP contribution is -2.32. The monoisotopic (exact) mass is 386 g/mol. The standard InChI is InChI=1S/C9H12BrN2O8P/c10-4-2-12(9(15)11-8(4)14)7-1-5(13)6(20-7)3-19-21(16,17)18/h2,5-7,13H,1,3H2,(H,11,14,15)(H2,16,17,18). The van der Waals surface area contributed by atoms with Gasteiger partial charge < -0.3 is 19.6 Å². The van der Waals surface area contributed by atoms with Crippen molar-refractivity contribution in [2.75, 3.05) is 6.61 Å². The number of aliphatic hydroxyl groups is 1. The van der Waals surface area contributed by atoms with Gasteiger partial charge in [-0.25, -0.2) is 9.36 Å². The zero-order valence-corrected chi connectivity index (χ0v) is 12.9. The summed E-state index contributed by atoms with van der Waals surface area (Å²) in [5, 5.41) is 9.78. The molecule has 2 rings (SSSR count). The van der Waals surface area contributed by atoms with E-state index in [-0.39, 0.29) is 10.9 Å². The fourth-order valence-electron chi connectivity index (χ4n) is 1.88. The molecule has 21 heavy (non-hydrogen) atoms. The topological polar surface area (TPSA) is 151 Å². The molecule has 1 aromatic rings. The number of aliphatic hydroxyl groups excluding tert-OH is 1. The van der Waals surface area contributed by atoms with E-state index in [1.54, 1.807) is 0 Å². The van der Waals surface area contributed by atoms with Crippen LogP contribution in [0.4, 0.5) is 0 Å². The first kappa shape index (κ1) is 16.6. The van der Waals surface area contributed by atoms with Gasteiger partial charge in [-0.2, -0.15) is 0 Å². The molecule has 3 unspecified atom stereocenters. The molecular formula is C9H12BrN2O8P. The first-order valence-electron chi connectivity index (χ1n) is 5.72. The Bertz CT molecular complexity index is 681. The van der Waals surface area contributed by atoms with Crippen molar-refractivity contribution >= 4 is 23.8 Å². The van der Waals surface area contributed by atoms with Gasteiger partial charge in [-0.1, -0.05) is 0 Å². The molecule has 1 saturated heterocycles. The summed E-state index contributed by atoms with van der Waals surface area (Å²) in [7, 11) is -4.67. The number of H-pyrrole nitrogens is 1. The molecule has 2 heterocycles. The molecule has 1 fully saturated rings. The molecule has 0 aliphatic carbocycles. The number of ether oxygens (including phenoxy) is 1. The van der Waals surface area contributed by atoms with E-state index in [4.69, 9.17) is 14.5 Å². The molecule has 1 aromatic heterocycles. The first-order chi connectivity index (χ1) is 9.67. The third-order valence-corrected chi connectivity index (χ3v) is 3.90. The summed E-state index contributed by atoms with van der Waals surface area (Å²) in [5.74, 6) is 0. The van der Waals surface area contributed by atoms with E-state index in [0.29, 0.717) is 0 Å². The molecule has 0 radical (unpaired) electrons. The van der Waals surface area contributed by atoms with Gasteiger partial charge in [0.1, 0.15) is 12.3 Å². The Labute approximate surface area is 125 Å². The Morgan fingerprint density at radius 1 is 1.52 bits per heavy atom. The van der Waals surface area contributed by atoms with E-state index in [9.17, 15) is 19.3 Å². The van der Waals surface area contributed by atoms with Crippen molar-refractivity contribution in [1.82, 2.24) is 9.55 Å². The van der Waals surface area contributed by atoms with E-state index < -0.39 is 44.1 Å². The van der Waals surface area contributed by atoms with Gasteiger partial charge in [-0.15, -0.1) is 0 Å². The molecule has 0 spiro atoms. The van der Waals surface area contributed by atoms with Gasteiger partial charge >= 0.3 is 13.5 Å². The van der Waals surface area contributed by atoms with Crippen LogP contribution in [0.1, 0.15) is 12.6 Å². The molecule has 4 N–H and O–H groups in total. The highest BCUT2D eigenvalue weighted by Crippen LogP contribution is 2.38. The second-order valence-corrected chi connectivity index (χ2v) is 6.46. The van der Waals surface area contributed by atoms with Gasteiger partial charge in [-0.05, 0) is 15.9 Å². The predicted molar refractivity (Wildman–Crippen MR) is 71.6 cm³/mol. The maximum atomic E-state index is 11.7. The van der Waals surface area contributed by atoms with Crippen LogP contribution in [0.2, 0.25) is 0 Å². The van der Waals surface area contributed by atoms with Gasteiger partial charge in [0.15, 0.2) is 0 Å². The highest BCUT2D eigenvalue weighted by atomic mass is 79.9. The molecule has 0 aromatic carbocycles. The number of hydrogen-bond acceptors (Lipinski definition) is 6. The number of nitrogens with one attached hydrogen (secondary N) is 1. The van der Waals surface area contributed by atoms with E-state index in [2.05, 4.69) is 25.4 Å². The van der Waals surface area contributed by atoms with Crippen LogP contribution in [0.3, 0.4) is 0 Å². The molecule has 12 heteroatoms. The van der Waals surface area contributed by atoms with Gasteiger partial charge in [-0.3, -0.25) is 18.9 Å². The van der Waals surface area contributed by atoms with E-state index >= 15 is 0 Å². The number of rotatable bonds is 4. The Morgan fingerprint density at radius 3 is 2.81 bits per heavy atom. The Kier molecular flexibility index (Phi) is 4.83. The SMILES string of the molecule is O=c1[nH]c(=O)n(C2CC(O)C(COP(=O)(O)O)O2)cc1Br. The summed E-state index contributed by atoms with van der Waals surface area (Å²) < 4.78 is 21.4. The smallest absolute Gasteiger partial charge is 0.390 e. The highest BCUT2D eigenvalue weighted by molar-refractivity contribution is 9.10. The van der Waals surface area contributed by atoms with Crippen molar-refractivity contribution < 1.29 is 28.7 Å². The third kappa shape index (κ3) is 4.10. The van der Waals surface area contributed by atoms with Crippen molar-refractivity contribution in [2.24, 2.45) is 0 Å². The van der Waals surface area contributed by atoms with Crippen LogP contribution in [0.5, 0.6) is 0 Å². The first-order valence-corrected chi connectivity index (χ1v) is 8.04. The highest BCUT2D eigenvalue weighted by Gasteiger charge is 2.37. The van der Waals surface area contributed by atoms with Crippen LogP contribution in [0, 0.1) is 0 Å². The number of nitrogens with zero attached hydrogens (tertiary/aromatic N) is 1. The second kappa shape index (κ2) is 6.13. The average Bonchev–Trinajstić information content (AvgIpc) is 2.72. The van der Waals surface area contributed by atoms with E-state index in [1.807, 2.05) is 0 Å². The summed E-state index contributed by atoms with van der Waals surface area (Å²) in [6.45, 7) is -0.527. The van der Waals surface area contributed by atoms with Gasteiger partial charge in [0.05, 0.1) is 17.2 Å². The van der Waals surface area contributed by atoms with Crippen LogP contribution in [-0.4, -0.2) is 43.3 Å². The minimum Gasteiger partial charge on any atom is -0.390 e. The van der Waals surface area contributed by atoms with Crippen LogP contribution in [0.15, 0.2) is 20.3 Å². The third-order valence-electron chi connectivity index (χ3n) is 2.85. The predicted octanol–water partition coefficient (Wildman–Crippen LogP) is -0.943. The average molecular weight is 387 g/mol. The van der Waals surface area contributed by atoms with Crippen molar-refractivity contribution in [2.45, 2.75) is 24.9 Å². The fraction of sp³-hybridized carbons (Fsp3) is 0.556. The van der Waals surface area contributed by atoms with Crippen molar-refractivity contribution in [3.8, 4) is 0 Å². The number of hydrogen-bond donors (Lipinski definition) is 4. The van der Waals surface area contributed by atoms with Crippen LogP contribution in [-0.2, 0) is 13.8 Å². The van der Waals surface area contributed by atoms with Crippen molar-refractivity contribution in [1.29, 1.82) is 0 Å². The zero-order chi connectivity index (χ0) is 15.8. The largest absolute Gasteiger partial charge is 0.469 e. The fourth-order valence-corrected chi connectivity index (χ4v) is 2.54. The Morgan fingerprint density at radius 2 is 2.19 bits per heavy atom. The van der Waals surface area contributed by atoms with E-state index in [1.165, 1.54) is 6.20 Å². The lowest BCUT2D eigenvalue weighted by atomic mass is 10.2. The Balaban J connectivity index is 2.14. The minimum atomic E-state index is -4.67. The summed E-state index contributed by atoms with van der Waals surface area (Å²) >= 11 is 2.97. The molecule has 1 aliphatic heterocycles. The van der Waals surface area contributed by atoms with Crippen LogP contribution in [0.25, 0.3) is 0 Å². The number of phosphoric ester groups is 1. The second-order valence-electron chi connectivity index (χ2n) is 4.36. The number of aromatic nitrogens is 2. The Hall–Kier alpha value is -0.810. The molecule has 0 bridgehead atoms. The van der Waals surface area contributed by atoms with Crippen molar-refractivity contribution in [3.05, 3.63) is 31.5 Å². The normalized spacial score (nSPS) is 26.2. The quantitative estimate of drug-likeness (QED) is 0.483. The van der Waals surface area contributed by atoms with Gasteiger partial charge in [0.25, 0.3) is 5.56 Å². The van der Waals surface area contributed by atoms with Crippen LogP contribution < -0.4 is 11.2 Å². The molecule has 0 amide bonds. The summed E-state index contributed by atoms with van der Waals surface area (Å²) in [4.78, 5) is 42.2. The van der Waals surface area contributed by atoms with Crippen LogP contribution >= 0.6 is 23.8 Å². The minimum absolute atomic E-state index is 0.00752. The number of halogens is 1. The van der Waals surface area contributed by atoms with Gasteiger partial charge in [0, 0.05) is 12.6 Å². The maximum absolute atomic E-state index is 11.7. The molecule has 10 nitrogen and oxygen atoms in total. The lowest BCUT2D eigenvalue weighted by molar-refractivity contribution is -0.0451. The number of aromatic amines is 1.